The van der Waals surface area contributed by atoms with Gasteiger partial charge in [-0.1, -0.05) is 12.1 Å². The summed E-state index contributed by atoms with van der Waals surface area (Å²) in [5, 5.41) is 3.71. The van der Waals surface area contributed by atoms with Crippen molar-refractivity contribution in [3.05, 3.63) is 60.0 Å². The van der Waals surface area contributed by atoms with E-state index in [2.05, 4.69) is 10.3 Å². The topological polar surface area (TPSA) is 74.4 Å². The molecule has 0 spiro atoms. The number of fused-ring (bicyclic) bond motifs is 1. The van der Waals surface area contributed by atoms with Crippen molar-refractivity contribution < 1.29 is 18.7 Å². The van der Waals surface area contributed by atoms with Gasteiger partial charge in [0.15, 0.2) is 0 Å². The van der Waals surface area contributed by atoms with Crippen molar-refractivity contribution in [1.82, 2.24) is 9.88 Å². The van der Waals surface area contributed by atoms with E-state index in [4.69, 9.17) is 4.74 Å². The summed E-state index contributed by atoms with van der Waals surface area (Å²) in [6.07, 6.45) is 2.63. The number of amides is 2. The Morgan fingerprint density at radius 1 is 1.30 bits per heavy atom. The maximum Gasteiger partial charge on any atom is 0.229 e. The predicted molar refractivity (Wildman–Crippen MR) is 113 cm³/mol. The van der Waals surface area contributed by atoms with Gasteiger partial charge in [-0.05, 0) is 49.2 Å². The fraction of sp³-hybridized carbons (Fsp3) is 0.304. The van der Waals surface area contributed by atoms with Gasteiger partial charge in [-0.25, -0.2) is 4.39 Å². The molecule has 2 aromatic carbocycles. The zero-order chi connectivity index (χ0) is 21.1. The number of aromatic amines is 1. The number of carbonyl (C=O) groups excluding carboxylic acids is 2. The van der Waals surface area contributed by atoms with Gasteiger partial charge < -0.3 is 19.9 Å². The molecule has 7 heteroatoms. The Morgan fingerprint density at radius 2 is 2.13 bits per heavy atom. The second kappa shape index (κ2) is 8.57. The predicted octanol–water partition coefficient (Wildman–Crippen LogP) is 3.74. The lowest BCUT2D eigenvalue weighted by molar-refractivity contribution is -0.128. The number of aromatic nitrogens is 1. The molecule has 2 N–H and O–H groups in total. The van der Waals surface area contributed by atoms with Crippen LogP contribution in [0.4, 0.5) is 10.1 Å². The van der Waals surface area contributed by atoms with E-state index in [1.165, 1.54) is 12.1 Å². The minimum absolute atomic E-state index is 0.0423. The van der Waals surface area contributed by atoms with E-state index < -0.39 is 5.92 Å². The SMILES string of the molecule is CCOc1ccccc1NC(=O)C1CC(=O)N(CCc2c[nH]c3ccc(F)cc23)C1. The fourth-order valence-corrected chi connectivity index (χ4v) is 3.86. The minimum atomic E-state index is -0.410. The lowest BCUT2D eigenvalue weighted by Gasteiger charge is -2.17. The second-order valence-electron chi connectivity index (χ2n) is 7.41. The van der Waals surface area contributed by atoms with Crippen LogP contribution in [0.2, 0.25) is 0 Å². The van der Waals surface area contributed by atoms with Crippen molar-refractivity contribution in [2.45, 2.75) is 19.8 Å². The molecule has 1 unspecified atom stereocenters. The minimum Gasteiger partial charge on any atom is -0.492 e. The maximum absolute atomic E-state index is 13.6. The second-order valence-corrected chi connectivity index (χ2v) is 7.41. The lowest BCUT2D eigenvalue weighted by Crippen LogP contribution is -2.30. The molecule has 1 saturated heterocycles. The molecule has 0 saturated carbocycles. The molecule has 4 rings (SSSR count). The molecule has 1 atom stereocenters. The highest BCUT2D eigenvalue weighted by atomic mass is 19.1. The Bertz CT molecular complexity index is 1080. The third kappa shape index (κ3) is 4.15. The van der Waals surface area contributed by atoms with Gasteiger partial charge in [0.05, 0.1) is 18.2 Å². The van der Waals surface area contributed by atoms with Crippen molar-refractivity contribution in [3.8, 4) is 5.75 Å². The molecule has 2 heterocycles. The van der Waals surface area contributed by atoms with E-state index in [0.29, 0.717) is 37.6 Å². The van der Waals surface area contributed by atoms with Gasteiger partial charge in [-0.2, -0.15) is 0 Å². The summed E-state index contributed by atoms with van der Waals surface area (Å²) in [5.41, 5.74) is 2.43. The number of ether oxygens (including phenoxy) is 1. The molecular weight excluding hydrogens is 385 g/mol. The Labute approximate surface area is 174 Å². The van der Waals surface area contributed by atoms with Gasteiger partial charge in [-0.15, -0.1) is 0 Å². The zero-order valence-corrected chi connectivity index (χ0v) is 16.8. The smallest absolute Gasteiger partial charge is 0.229 e. The van der Waals surface area contributed by atoms with Crippen molar-refractivity contribution in [2.75, 3.05) is 25.0 Å². The highest BCUT2D eigenvalue weighted by molar-refractivity contribution is 5.98. The van der Waals surface area contributed by atoms with Gasteiger partial charge >= 0.3 is 0 Å². The molecule has 0 aliphatic carbocycles. The summed E-state index contributed by atoms with van der Waals surface area (Å²) in [6, 6.07) is 11.9. The molecule has 1 aliphatic heterocycles. The average molecular weight is 409 g/mol. The van der Waals surface area contributed by atoms with E-state index in [1.807, 2.05) is 25.3 Å². The van der Waals surface area contributed by atoms with Gasteiger partial charge in [0.1, 0.15) is 11.6 Å². The first-order chi connectivity index (χ1) is 14.5. The largest absolute Gasteiger partial charge is 0.492 e. The highest BCUT2D eigenvalue weighted by Gasteiger charge is 2.34. The number of likely N-dealkylation sites (tertiary alicyclic amines) is 1. The average Bonchev–Trinajstić information content (AvgIpc) is 3.31. The monoisotopic (exact) mass is 409 g/mol. The molecule has 30 heavy (non-hydrogen) atoms. The van der Waals surface area contributed by atoms with Crippen molar-refractivity contribution in [2.24, 2.45) is 5.92 Å². The van der Waals surface area contributed by atoms with Crippen LogP contribution < -0.4 is 10.1 Å². The summed E-state index contributed by atoms with van der Waals surface area (Å²) < 4.78 is 19.1. The third-order valence-electron chi connectivity index (χ3n) is 5.41. The van der Waals surface area contributed by atoms with Gasteiger partial charge in [-0.3, -0.25) is 9.59 Å². The number of anilines is 1. The third-order valence-corrected chi connectivity index (χ3v) is 5.41. The summed E-state index contributed by atoms with van der Waals surface area (Å²) in [6.45, 7) is 3.24. The molecular formula is C23H24FN3O3. The van der Waals surface area contributed by atoms with Crippen molar-refractivity contribution in [1.29, 1.82) is 0 Å². The normalized spacial score (nSPS) is 16.3. The summed E-state index contributed by atoms with van der Waals surface area (Å²) in [4.78, 5) is 30.0. The van der Waals surface area contributed by atoms with Crippen LogP contribution in [-0.2, 0) is 16.0 Å². The molecule has 3 aromatic rings. The van der Waals surface area contributed by atoms with Crippen LogP contribution in [0.3, 0.4) is 0 Å². The van der Waals surface area contributed by atoms with Gasteiger partial charge in [0.25, 0.3) is 0 Å². The van der Waals surface area contributed by atoms with Crippen LogP contribution in [0.15, 0.2) is 48.7 Å². The molecule has 0 bridgehead atoms. The summed E-state index contributed by atoms with van der Waals surface area (Å²) in [5.74, 6) is -0.315. The molecule has 2 amide bonds. The number of benzene rings is 2. The standard InChI is InChI=1S/C23H24FN3O3/c1-2-30-21-6-4-3-5-20(21)26-23(29)16-11-22(28)27(14-16)10-9-15-13-25-19-8-7-17(24)12-18(15)19/h3-8,12-13,16,25H,2,9-11,14H2,1H3,(H,26,29). The van der Waals surface area contributed by atoms with Crippen LogP contribution in [0.1, 0.15) is 18.9 Å². The van der Waals surface area contributed by atoms with Crippen LogP contribution in [0.25, 0.3) is 10.9 Å². The molecule has 156 valence electrons. The van der Waals surface area contributed by atoms with E-state index in [9.17, 15) is 14.0 Å². The summed E-state index contributed by atoms with van der Waals surface area (Å²) >= 11 is 0. The van der Waals surface area contributed by atoms with Crippen LogP contribution in [0.5, 0.6) is 5.75 Å². The zero-order valence-electron chi connectivity index (χ0n) is 16.8. The number of halogens is 1. The van der Waals surface area contributed by atoms with Crippen molar-refractivity contribution >= 4 is 28.4 Å². The Balaban J connectivity index is 1.38. The Hall–Kier alpha value is -3.35. The lowest BCUT2D eigenvalue weighted by atomic mass is 10.1. The number of rotatable bonds is 7. The number of hydrogen-bond donors (Lipinski definition) is 2. The highest BCUT2D eigenvalue weighted by Crippen LogP contribution is 2.27. The van der Waals surface area contributed by atoms with Crippen molar-refractivity contribution in [3.63, 3.8) is 0 Å². The summed E-state index contributed by atoms with van der Waals surface area (Å²) in [7, 11) is 0. The first-order valence-electron chi connectivity index (χ1n) is 10.1. The van der Waals surface area contributed by atoms with Crippen LogP contribution in [0, 0.1) is 11.7 Å². The fourth-order valence-electron chi connectivity index (χ4n) is 3.86. The number of nitrogens with one attached hydrogen (secondary N) is 2. The quantitative estimate of drug-likeness (QED) is 0.624. The number of H-pyrrole nitrogens is 1. The molecule has 1 aliphatic rings. The number of carbonyl (C=O) groups is 2. The van der Waals surface area contributed by atoms with Gasteiger partial charge in [0, 0.05) is 36.6 Å². The van der Waals surface area contributed by atoms with Crippen LogP contribution in [-0.4, -0.2) is 41.4 Å². The molecule has 0 radical (unpaired) electrons. The number of nitrogens with zero attached hydrogens (tertiary/aromatic N) is 1. The Morgan fingerprint density at radius 3 is 2.97 bits per heavy atom. The molecule has 1 fully saturated rings. The first kappa shape index (κ1) is 19.9. The van der Waals surface area contributed by atoms with E-state index in [1.54, 1.807) is 23.1 Å². The van der Waals surface area contributed by atoms with E-state index in [-0.39, 0.29) is 24.1 Å². The Kier molecular flexibility index (Phi) is 5.70. The molecule has 6 nitrogen and oxygen atoms in total. The van der Waals surface area contributed by atoms with Crippen LogP contribution >= 0.6 is 0 Å². The van der Waals surface area contributed by atoms with E-state index in [0.717, 1.165) is 16.5 Å². The molecule has 1 aromatic heterocycles. The number of para-hydroxylation sites is 2. The maximum atomic E-state index is 13.6. The van der Waals surface area contributed by atoms with E-state index >= 15 is 0 Å². The number of hydrogen-bond acceptors (Lipinski definition) is 3. The van der Waals surface area contributed by atoms with Gasteiger partial charge in [0.2, 0.25) is 11.8 Å². The first-order valence-corrected chi connectivity index (χ1v) is 10.1.